The number of hydrogen-bond acceptors (Lipinski definition) is 4. The van der Waals surface area contributed by atoms with E-state index in [0.717, 1.165) is 44.9 Å². The van der Waals surface area contributed by atoms with Crippen LogP contribution in [-0.2, 0) is 0 Å². The van der Waals surface area contributed by atoms with Gasteiger partial charge in [0.15, 0.2) is 0 Å². The van der Waals surface area contributed by atoms with E-state index in [2.05, 4.69) is 44.1 Å². The molecule has 0 fully saturated rings. The molecule has 2 heterocycles. The highest BCUT2D eigenvalue weighted by Crippen LogP contribution is 2.32. The van der Waals surface area contributed by atoms with Gasteiger partial charge in [-0.3, -0.25) is 0 Å². The van der Waals surface area contributed by atoms with Crippen LogP contribution in [0.4, 0.5) is 10.2 Å². The monoisotopic (exact) mass is 386 g/mol. The summed E-state index contributed by atoms with van der Waals surface area (Å²) in [4.78, 5) is 14.3. The van der Waals surface area contributed by atoms with Gasteiger partial charge >= 0.3 is 0 Å². The Labute approximate surface area is 169 Å². The fraction of sp³-hybridized carbons (Fsp3) is 0.208. The Bertz CT molecular complexity index is 1180. The number of rotatable bonds is 4. The highest BCUT2D eigenvalue weighted by atomic mass is 19.1. The minimum absolute atomic E-state index is 0.266. The first-order valence-corrected chi connectivity index (χ1v) is 9.68. The van der Waals surface area contributed by atoms with Crippen LogP contribution in [0.25, 0.3) is 33.5 Å². The number of aromatic nitrogens is 3. The lowest BCUT2D eigenvalue weighted by Gasteiger charge is -2.14. The predicted octanol–water partition coefficient (Wildman–Crippen LogP) is 5.94. The molecule has 0 unspecified atom stereocenters. The molecule has 146 valence electrons. The van der Waals surface area contributed by atoms with Crippen LogP contribution in [0.2, 0.25) is 0 Å². The zero-order chi connectivity index (χ0) is 20.5. The minimum Gasteiger partial charge on any atom is -0.368 e. The van der Waals surface area contributed by atoms with Crippen LogP contribution in [0, 0.1) is 19.7 Å². The number of nitrogens with zero attached hydrogens (tertiary/aromatic N) is 3. The van der Waals surface area contributed by atoms with E-state index in [9.17, 15) is 4.39 Å². The van der Waals surface area contributed by atoms with Crippen LogP contribution in [0.1, 0.15) is 25.0 Å². The van der Waals surface area contributed by atoms with Crippen LogP contribution < -0.4 is 5.32 Å². The molecule has 0 saturated carbocycles. The van der Waals surface area contributed by atoms with E-state index in [1.165, 1.54) is 17.7 Å². The van der Waals surface area contributed by atoms with Gasteiger partial charge in [0.1, 0.15) is 11.6 Å². The number of aryl methyl sites for hydroxylation is 2. The molecule has 0 amide bonds. The number of anilines is 1. The van der Waals surface area contributed by atoms with Crippen molar-refractivity contribution >= 4 is 16.9 Å². The third-order valence-corrected chi connectivity index (χ3v) is 4.87. The highest BCUT2D eigenvalue weighted by Gasteiger charge is 2.15. The number of halogens is 1. The fourth-order valence-electron chi connectivity index (χ4n) is 3.27. The molecule has 0 aliphatic heterocycles. The SMILES string of the molecule is Cc1cc2nc(-c3ccc(F)cc3)c(-c3ccnc(NC(C)C)c3)nc2cc1C. The maximum atomic E-state index is 13.5. The lowest BCUT2D eigenvalue weighted by molar-refractivity contribution is 0.628. The Kier molecular flexibility index (Phi) is 4.97. The van der Waals surface area contributed by atoms with Gasteiger partial charge in [-0.1, -0.05) is 0 Å². The standard InChI is InChI=1S/C24H23FN4/c1-14(2)27-22-13-18(9-10-26-22)24-23(17-5-7-19(25)8-6-17)28-20-11-15(3)16(4)12-21(20)29-24/h5-14H,1-4H3,(H,26,27). The fourth-order valence-corrected chi connectivity index (χ4v) is 3.27. The maximum Gasteiger partial charge on any atom is 0.126 e. The van der Waals surface area contributed by atoms with Gasteiger partial charge in [-0.2, -0.15) is 0 Å². The van der Waals surface area contributed by atoms with Gasteiger partial charge in [-0.25, -0.2) is 19.3 Å². The van der Waals surface area contributed by atoms with Crippen LogP contribution >= 0.6 is 0 Å². The number of hydrogen-bond donors (Lipinski definition) is 1. The summed E-state index contributed by atoms with van der Waals surface area (Å²) < 4.78 is 13.5. The summed E-state index contributed by atoms with van der Waals surface area (Å²) in [6.07, 6.45) is 1.76. The van der Waals surface area contributed by atoms with Crippen molar-refractivity contribution in [2.75, 3.05) is 5.32 Å². The van der Waals surface area contributed by atoms with Crippen molar-refractivity contribution in [3.05, 3.63) is 71.7 Å². The van der Waals surface area contributed by atoms with E-state index in [0.29, 0.717) is 0 Å². The largest absolute Gasteiger partial charge is 0.368 e. The highest BCUT2D eigenvalue weighted by molar-refractivity contribution is 5.87. The van der Waals surface area contributed by atoms with Crippen molar-refractivity contribution in [1.29, 1.82) is 0 Å². The lowest BCUT2D eigenvalue weighted by Crippen LogP contribution is -2.10. The lowest BCUT2D eigenvalue weighted by atomic mass is 10.0. The first-order valence-electron chi connectivity index (χ1n) is 9.68. The molecule has 4 rings (SSSR count). The molecule has 0 aliphatic rings. The van der Waals surface area contributed by atoms with E-state index in [1.54, 1.807) is 18.3 Å². The normalized spacial score (nSPS) is 11.2. The van der Waals surface area contributed by atoms with Gasteiger partial charge in [0, 0.05) is 23.4 Å². The zero-order valence-electron chi connectivity index (χ0n) is 17.0. The van der Waals surface area contributed by atoms with Crippen LogP contribution in [0.15, 0.2) is 54.7 Å². The Hall–Kier alpha value is -3.34. The average Bonchev–Trinajstić information content (AvgIpc) is 2.68. The number of benzene rings is 2. The summed E-state index contributed by atoms with van der Waals surface area (Å²) in [6.45, 7) is 8.27. The Morgan fingerprint density at radius 2 is 1.38 bits per heavy atom. The second-order valence-electron chi connectivity index (χ2n) is 7.58. The van der Waals surface area contributed by atoms with Gasteiger partial charge in [0.2, 0.25) is 0 Å². The Balaban J connectivity index is 1.96. The Morgan fingerprint density at radius 1 is 0.793 bits per heavy atom. The quantitative estimate of drug-likeness (QED) is 0.472. The van der Waals surface area contributed by atoms with E-state index in [4.69, 9.17) is 9.97 Å². The first kappa shape index (κ1) is 19.0. The van der Waals surface area contributed by atoms with Gasteiger partial charge in [0.05, 0.1) is 22.4 Å². The zero-order valence-corrected chi connectivity index (χ0v) is 17.0. The second-order valence-corrected chi connectivity index (χ2v) is 7.58. The van der Waals surface area contributed by atoms with E-state index in [1.807, 2.05) is 18.2 Å². The van der Waals surface area contributed by atoms with Gasteiger partial charge in [0.25, 0.3) is 0 Å². The van der Waals surface area contributed by atoms with E-state index >= 15 is 0 Å². The third-order valence-electron chi connectivity index (χ3n) is 4.87. The number of fused-ring (bicyclic) bond motifs is 1. The predicted molar refractivity (Wildman–Crippen MR) is 116 cm³/mol. The molecule has 0 bridgehead atoms. The van der Waals surface area contributed by atoms with Crippen molar-refractivity contribution in [1.82, 2.24) is 15.0 Å². The molecule has 0 aliphatic carbocycles. The third kappa shape index (κ3) is 3.94. The van der Waals surface area contributed by atoms with Crippen LogP contribution in [0.5, 0.6) is 0 Å². The topological polar surface area (TPSA) is 50.7 Å². The molecule has 5 heteroatoms. The summed E-state index contributed by atoms with van der Waals surface area (Å²) in [7, 11) is 0. The molecule has 0 saturated heterocycles. The van der Waals surface area contributed by atoms with Gasteiger partial charge in [-0.15, -0.1) is 0 Å². The molecule has 2 aromatic carbocycles. The molecule has 2 aromatic heterocycles. The molecular formula is C24H23FN4. The number of pyridine rings is 1. The summed E-state index contributed by atoms with van der Waals surface area (Å²) in [5.41, 5.74) is 7.21. The van der Waals surface area contributed by atoms with Crippen molar-refractivity contribution < 1.29 is 4.39 Å². The molecule has 4 nitrogen and oxygen atoms in total. The summed E-state index contributed by atoms with van der Waals surface area (Å²) in [5, 5.41) is 3.33. The molecular weight excluding hydrogens is 363 g/mol. The van der Waals surface area contributed by atoms with Crippen molar-refractivity contribution in [2.45, 2.75) is 33.7 Å². The average molecular weight is 386 g/mol. The molecule has 0 radical (unpaired) electrons. The Morgan fingerprint density at radius 3 is 1.97 bits per heavy atom. The summed E-state index contributed by atoms with van der Waals surface area (Å²) in [6, 6.07) is 14.7. The van der Waals surface area contributed by atoms with Crippen molar-refractivity contribution in [3.63, 3.8) is 0 Å². The maximum absolute atomic E-state index is 13.5. The molecule has 29 heavy (non-hydrogen) atoms. The van der Waals surface area contributed by atoms with Crippen LogP contribution in [-0.4, -0.2) is 21.0 Å². The number of nitrogens with one attached hydrogen (secondary N) is 1. The summed E-state index contributed by atoms with van der Waals surface area (Å²) >= 11 is 0. The van der Waals surface area contributed by atoms with Crippen molar-refractivity contribution in [3.8, 4) is 22.5 Å². The van der Waals surface area contributed by atoms with E-state index in [-0.39, 0.29) is 11.9 Å². The van der Waals surface area contributed by atoms with Crippen molar-refractivity contribution in [2.24, 2.45) is 0 Å². The molecule has 4 aromatic rings. The van der Waals surface area contributed by atoms with E-state index < -0.39 is 0 Å². The van der Waals surface area contributed by atoms with Gasteiger partial charge < -0.3 is 5.32 Å². The van der Waals surface area contributed by atoms with Crippen LogP contribution in [0.3, 0.4) is 0 Å². The smallest absolute Gasteiger partial charge is 0.126 e. The second kappa shape index (κ2) is 7.59. The van der Waals surface area contributed by atoms with Gasteiger partial charge in [-0.05, 0) is 87.4 Å². The molecule has 1 N–H and O–H groups in total. The first-order chi connectivity index (χ1) is 13.9. The molecule has 0 spiro atoms. The molecule has 0 atom stereocenters. The minimum atomic E-state index is -0.275. The summed E-state index contributed by atoms with van der Waals surface area (Å²) in [5.74, 6) is 0.507.